The quantitative estimate of drug-likeness (QED) is 0.682. The first-order valence-corrected chi connectivity index (χ1v) is 6.26. The van der Waals surface area contributed by atoms with Crippen LogP contribution in [0.2, 0.25) is 0 Å². The van der Waals surface area contributed by atoms with E-state index in [1.54, 1.807) is 17.8 Å². The number of aryl methyl sites for hydroxylation is 1. The molecule has 0 bridgehead atoms. The molecular weight excluding hydrogens is 230 g/mol. The molecule has 0 aliphatic heterocycles. The second-order valence-electron chi connectivity index (χ2n) is 3.39. The number of aromatic nitrogens is 1. The molecule has 0 spiro atoms. The number of nitrogens with one attached hydrogen (secondary N) is 2. The molecule has 16 heavy (non-hydrogen) atoms. The number of hydrogen-bond donors (Lipinski definition) is 2. The van der Waals surface area contributed by atoms with Crippen molar-refractivity contribution in [2.75, 3.05) is 13.1 Å². The van der Waals surface area contributed by atoms with Gasteiger partial charge in [0, 0.05) is 39.5 Å². The van der Waals surface area contributed by atoms with Gasteiger partial charge >= 0.3 is 0 Å². The van der Waals surface area contributed by atoms with Crippen molar-refractivity contribution in [3.05, 3.63) is 18.5 Å². The Balaban J connectivity index is 2.50. The van der Waals surface area contributed by atoms with Crippen molar-refractivity contribution < 1.29 is 13.2 Å². The van der Waals surface area contributed by atoms with Gasteiger partial charge in [-0.25, -0.2) is 13.1 Å². The van der Waals surface area contributed by atoms with E-state index in [9.17, 15) is 13.2 Å². The Labute approximate surface area is 94.7 Å². The SMILES string of the molecule is CC(=O)NCCNS(=O)(=O)c1ccn(C)c1. The molecule has 0 radical (unpaired) electrons. The first-order valence-electron chi connectivity index (χ1n) is 4.78. The average Bonchev–Trinajstić information content (AvgIpc) is 2.60. The van der Waals surface area contributed by atoms with E-state index in [4.69, 9.17) is 0 Å². The summed E-state index contributed by atoms with van der Waals surface area (Å²) in [5, 5.41) is 2.50. The van der Waals surface area contributed by atoms with Crippen LogP contribution in [-0.4, -0.2) is 32.0 Å². The van der Waals surface area contributed by atoms with Crippen LogP contribution in [-0.2, 0) is 21.9 Å². The number of rotatable bonds is 5. The van der Waals surface area contributed by atoms with Crippen molar-refractivity contribution in [1.82, 2.24) is 14.6 Å². The summed E-state index contributed by atoms with van der Waals surface area (Å²) >= 11 is 0. The summed E-state index contributed by atoms with van der Waals surface area (Å²) in [4.78, 5) is 10.8. The van der Waals surface area contributed by atoms with Crippen molar-refractivity contribution in [3.8, 4) is 0 Å². The lowest BCUT2D eigenvalue weighted by molar-refractivity contribution is -0.118. The Bertz CT molecular complexity index is 464. The molecule has 6 nitrogen and oxygen atoms in total. The third kappa shape index (κ3) is 3.67. The molecule has 0 saturated carbocycles. The summed E-state index contributed by atoms with van der Waals surface area (Å²) in [5.74, 6) is -0.182. The van der Waals surface area contributed by atoms with E-state index in [1.807, 2.05) is 0 Å². The minimum Gasteiger partial charge on any atom is -0.356 e. The van der Waals surface area contributed by atoms with Crippen molar-refractivity contribution in [2.45, 2.75) is 11.8 Å². The highest BCUT2D eigenvalue weighted by Crippen LogP contribution is 2.07. The fraction of sp³-hybridized carbons (Fsp3) is 0.444. The predicted molar refractivity (Wildman–Crippen MR) is 59.3 cm³/mol. The van der Waals surface area contributed by atoms with Crippen LogP contribution in [0.4, 0.5) is 0 Å². The van der Waals surface area contributed by atoms with Gasteiger partial charge in [-0.1, -0.05) is 0 Å². The van der Waals surface area contributed by atoms with Gasteiger partial charge in [0.2, 0.25) is 15.9 Å². The van der Waals surface area contributed by atoms with E-state index in [0.29, 0.717) is 0 Å². The van der Waals surface area contributed by atoms with Crippen LogP contribution < -0.4 is 10.0 Å². The first kappa shape index (κ1) is 12.7. The summed E-state index contributed by atoms with van der Waals surface area (Å²) in [6.45, 7) is 1.84. The third-order valence-corrected chi connectivity index (χ3v) is 3.35. The lowest BCUT2D eigenvalue weighted by Crippen LogP contribution is -2.33. The maximum atomic E-state index is 11.7. The highest BCUT2D eigenvalue weighted by molar-refractivity contribution is 7.89. The molecule has 90 valence electrons. The van der Waals surface area contributed by atoms with E-state index in [1.165, 1.54) is 19.2 Å². The standard InChI is InChI=1S/C9H15N3O3S/c1-8(13)10-4-5-11-16(14,15)9-3-6-12(2)7-9/h3,6-7,11H,4-5H2,1-2H3,(H,10,13). The van der Waals surface area contributed by atoms with Gasteiger partial charge in [-0.05, 0) is 6.07 Å². The van der Waals surface area contributed by atoms with Crippen molar-refractivity contribution in [1.29, 1.82) is 0 Å². The Morgan fingerprint density at radius 3 is 2.62 bits per heavy atom. The Morgan fingerprint density at radius 1 is 1.44 bits per heavy atom. The van der Waals surface area contributed by atoms with E-state index in [2.05, 4.69) is 10.0 Å². The predicted octanol–water partition coefficient (Wildman–Crippen LogP) is -0.560. The van der Waals surface area contributed by atoms with E-state index < -0.39 is 10.0 Å². The summed E-state index contributed by atoms with van der Waals surface area (Å²) in [6, 6.07) is 1.51. The monoisotopic (exact) mass is 245 g/mol. The van der Waals surface area contributed by atoms with Gasteiger partial charge in [-0.3, -0.25) is 4.79 Å². The van der Waals surface area contributed by atoms with Crippen LogP contribution in [0.5, 0.6) is 0 Å². The molecule has 2 N–H and O–H groups in total. The van der Waals surface area contributed by atoms with Crippen LogP contribution in [0.15, 0.2) is 23.4 Å². The minimum atomic E-state index is -3.46. The molecule has 0 unspecified atom stereocenters. The van der Waals surface area contributed by atoms with Gasteiger partial charge in [0.1, 0.15) is 0 Å². The molecule has 0 atom stereocenters. The topological polar surface area (TPSA) is 80.2 Å². The zero-order chi connectivity index (χ0) is 12.2. The van der Waals surface area contributed by atoms with Crippen molar-refractivity contribution >= 4 is 15.9 Å². The lowest BCUT2D eigenvalue weighted by Gasteiger charge is -2.05. The number of amides is 1. The van der Waals surface area contributed by atoms with Gasteiger partial charge in [0.25, 0.3) is 0 Å². The number of sulfonamides is 1. The molecule has 1 amide bonds. The molecule has 0 aromatic carbocycles. The molecule has 0 fully saturated rings. The van der Waals surface area contributed by atoms with Gasteiger partial charge < -0.3 is 9.88 Å². The average molecular weight is 245 g/mol. The Hall–Kier alpha value is -1.34. The molecule has 1 aromatic rings. The van der Waals surface area contributed by atoms with Crippen molar-refractivity contribution in [3.63, 3.8) is 0 Å². The second-order valence-corrected chi connectivity index (χ2v) is 5.16. The summed E-state index contributed by atoms with van der Waals surface area (Å²) in [5.41, 5.74) is 0. The summed E-state index contributed by atoms with van der Waals surface area (Å²) in [7, 11) is -1.71. The highest BCUT2D eigenvalue weighted by Gasteiger charge is 2.13. The maximum Gasteiger partial charge on any atom is 0.242 e. The fourth-order valence-electron chi connectivity index (χ4n) is 1.14. The molecule has 1 rings (SSSR count). The van der Waals surface area contributed by atoms with Crippen molar-refractivity contribution in [2.24, 2.45) is 7.05 Å². The van der Waals surface area contributed by atoms with Gasteiger partial charge in [0.15, 0.2) is 0 Å². The minimum absolute atomic E-state index is 0.177. The zero-order valence-electron chi connectivity index (χ0n) is 9.23. The molecule has 0 saturated heterocycles. The van der Waals surface area contributed by atoms with Crippen LogP contribution in [0.3, 0.4) is 0 Å². The summed E-state index contributed by atoms with van der Waals surface area (Å²) in [6.07, 6.45) is 3.17. The largest absolute Gasteiger partial charge is 0.356 e. The van der Waals surface area contributed by atoms with Gasteiger partial charge in [0.05, 0.1) is 4.90 Å². The third-order valence-electron chi connectivity index (χ3n) is 1.91. The maximum absolute atomic E-state index is 11.7. The van der Waals surface area contributed by atoms with E-state index >= 15 is 0 Å². The Kier molecular flexibility index (Phi) is 4.08. The summed E-state index contributed by atoms with van der Waals surface area (Å²) < 4.78 is 27.3. The molecule has 0 aliphatic rings. The highest BCUT2D eigenvalue weighted by atomic mass is 32.2. The number of hydrogen-bond acceptors (Lipinski definition) is 3. The lowest BCUT2D eigenvalue weighted by atomic mass is 10.6. The molecular formula is C9H15N3O3S. The number of carbonyl (C=O) groups excluding carboxylic acids is 1. The van der Waals surface area contributed by atoms with Crippen LogP contribution >= 0.6 is 0 Å². The first-order chi connectivity index (χ1) is 7.42. The van der Waals surface area contributed by atoms with E-state index in [-0.39, 0.29) is 23.9 Å². The van der Waals surface area contributed by atoms with E-state index in [0.717, 1.165) is 0 Å². The van der Waals surface area contributed by atoms with Crippen LogP contribution in [0, 0.1) is 0 Å². The fourth-order valence-corrected chi connectivity index (χ4v) is 2.23. The molecule has 1 heterocycles. The normalized spacial score (nSPS) is 11.4. The number of carbonyl (C=O) groups is 1. The zero-order valence-corrected chi connectivity index (χ0v) is 10.0. The van der Waals surface area contributed by atoms with Gasteiger partial charge in [-0.2, -0.15) is 0 Å². The smallest absolute Gasteiger partial charge is 0.242 e. The van der Waals surface area contributed by atoms with Crippen LogP contribution in [0.25, 0.3) is 0 Å². The van der Waals surface area contributed by atoms with Crippen LogP contribution in [0.1, 0.15) is 6.92 Å². The molecule has 7 heteroatoms. The number of nitrogens with zero attached hydrogens (tertiary/aromatic N) is 1. The Morgan fingerprint density at radius 2 is 2.12 bits per heavy atom. The molecule has 1 aromatic heterocycles. The second kappa shape index (κ2) is 5.13. The molecule has 0 aliphatic carbocycles. The van der Waals surface area contributed by atoms with Gasteiger partial charge in [-0.15, -0.1) is 0 Å².